The summed E-state index contributed by atoms with van der Waals surface area (Å²) in [5.74, 6) is -0.365. The predicted octanol–water partition coefficient (Wildman–Crippen LogP) is 2.18. The van der Waals surface area contributed by atoms with Crippen LogP contribution in [0.5, 0.6) is 0 Å². The summed E-state index contributed by atoms with van der Waals surface area (Å²) in [7, 11) is 0. The highest BCUT2D eigenvalue weighted by molar-refractivity contribution is 5.95. The second-order valence-electron chi connectivity index (χ2n) is 7.50. The first-order valence-electron chi connectivity index (χ1n) is 10.3. The van der Waals surface area contributed by atoms with Crippen LogP contribution in [0.25, 0.3) is 16.5 Å². The van der Waals surface area contributed by atoms with Gasteiger partial charge in [-0.1, -0.05) is 12.1 Å². The second-order valence-corrected chi connectivity index (χ2v) is 7.50. The average molecular weight is 456 g/mol. The Labute approximate surface area is 191 Å². The van der Waals surface area contributed by atoms with E-state index in [1.54, 1.807) is 61.2 Å². The number of amides is 1. The number of fused-ring (bicyclic) bond motifs is 1. The lowest BCUT2D eigenvalue weighted by Crippen LogP contribution is -2.37. The van der Waals surface area contributed by atoms with Gasteiger partial charge in [-0.3, -0.25) is 24.6 Å². The fourth-order valence-corrected chi connectivity index (χ4v) is 3.65. The van der Waals surface area contributed by atoms with Crippen LogP contribution >= 0.6 is 0 Å². The summed E-state index contributed by atoms with van der Waals surface area (Å²) < 4.78 is 14.9. The molecular formula is C24H17FN6O3. The molecule has 1 amide bonds. The predicted molar refractivity (Wildman–Crippen MR) is 123 cm³/mol. The van der Waals surface area contributed by atoms with Crippen molar-refractivity contribution in [2.75, 3.05) is 0 Å². The van der Waals surface area contributed by atoms with Gasteiger partial charge >= 0.3 is 5.69 Å². The van der Waals surface area contributed by atoms with E-state index in [9.17, 15) is 18.8 Å². The lowest BCUT2D eigenvalue weighted by molar-refractivity contribution is 0.0780. The van der Waals surface area contributed by atoms with Crippen LogP contribution in [-0.4, -0.2) is 30.4 Å². The number of hydrogen-bond acceptors (Lipinski definition) is 6. The topological polar surface area (TPSA) is 113 Å². The Balaban J connectivity index is 1.40. The molecule has 5 rings (SSSR count). The minimum atomic E-state index is -0.657. The third-order valence-electron chi connectivity index (χ3n) is 5.28. The molecule has 2 aromatic carbocycles. The number of aromatic nitrogens is 4. The molecule has 3 heterocycles. The third-order valence-corrected chi connectivity index (χ3v) is 5.28. The minimum Gasteiger partial charge on any atom is -0.298 e. The number of hydrogen-bond donors (Lipinski definition) is 2. The molecule has 0 spiro atoms. The first-order valence-corrected chi connectivity index (χ1v) is 10.3. The molecule has 9 nitrogen and oxygen atoms in total. The summed E-state index contributed by atoms with van der Waals surface area (Å²) in [5.41, 5.74) is 3.68. The van der Waals surface area contributed by atoms with E-state index in [1.807, 2.05) is 0 Å². The van der Waals surface area contributed by atoms with Gasteiger partial charge in [-0.25, -0.2) is 24.2 Å². The van der Waals surface area contributed by atoms with Crippen molar-refractivity contribution >= 4 is 22.4 Å². The number of carbonyl (C=O) groups is 1. The monoisotopic (exact) mass is 456 g/mol. The van der Waals surface area contributed by atoms with Crippen LogP contribution < -0.4 is 16.7 Å². The number of nitrogens with one attached hydrogen (secondary N) is 2. The zero-order chi connectivity index (χ0) is 23.7. The van der Waals surface area contributed by atoms with Gasteiger partial charge in [0.1, 0.15) is 5.82 Å². The fraction of sp³-hybridized carbons (Fsp3) is 0.0417. The molecule has 0 saturated heterocycles. The van der Waals surface area contributed by atoms with Crippen molar-refractivity contribution in [3.05, 3.63) is 123 Å². The molecule has 0 saturated carbocycles. The summed E-state index contributed by atoms with van der Waals surface area (Å²) in [6.07, 6.45) is 8.19. The van der Waals surface area contributed by atoms with E-state index in [4.69, 9.17) is 0 Å². The molecule has 0 unspecified atom stereocenters. The molecule has 168 valence electrons. The van der Waals surface area contributed by atoms with Crippen LogP contribution in [-0.2, 0) is 6.54 Å². The number of allylic oxidation sites excluding steroid dienone is 2. The van der Waals surface area contributed by atoms with Gasteiger partial charge in [-0.05, 0) is 48.0 Å². The molecule has 2 aromatic heterocycles. The molecule has 0 aliphatic carbocycles. The van der Waals surface area contributed by atoms with Crippen molar-refractivity contribution in [1.82, 2.24) is 30.0 Å². The molecule has 1 aliphatic heterocycles. The third kappa shape index (κ3) is 3.99. The number of nitrogens with zero attached hydrogens (tertiary/aromatic N) is 4. The van der Waals surface area contributed by atoms with E-state index >= 15 is 0 Å². The van der Waals surface area contributed by atoms with E-state index in [2.05, 4.69) is 20.4 Å². The Hall–Kier alpha value is -4.86. The maximum Gasteiger partial charge on any atom is 0.329 e. The van der Waals surface area contributed by atoms with Gasteiger partial charge in [0, 0.05) is 35.9 Å². The van der Waals surface area contributed by atoms with Crippen LogP contribution in [0.3, 0.4) is 0 Å². The van der Waals surface area contributed by atoms with Gasteiger partial charge in [-0.2, -0.15) is 0 Å². The first-order chi connectivity index (χ1) is 16.5. The Morgan fingerprint density at radius 1 is 1.03 bits per heavy atom. The summed E-state index contributed by atoms with van der Waals surface area (Å²) in [6, 6.07) is 12.2. The number of aromatic amines is 1. The van der Waals surface area contributed by atoms with E-state index in [0.29, 0.717) is 22.5 Å². The number of H-pyrrole nitrogens is 1. The summed E-state index contributed by atoms with van der Waals surface area (Å²) in [6.45, 7) is 0.0809. The molecule has 10 heteroatoms. The van der Waals surface area contributed by atoms with Crippen LogP contribution in [0.15, 0.2) is 89.0 Å². The fourth-order valence-electron chi connectivity index (χ4n) is 3.65. The number of carbonyl (C=O) groups excluding carboxylic acids is 1. The molecule has 0 atom stereocenters. The standard InChI is InChI=1S/C24H17FN6O3/c25-18-5-6-20-19(12-18)22(32)29-24(34)30(20)14-15-3-1-4-16(11-15)23(33)31-10-7-17(13-28-31)21-26-8-2-9-27-21/h1-13,28H,14H2,(H,29,32,34). The Morgan fingerprint density at radius 2 is 1.85 bits per heavy atom. The van der Waals surface area contributed by atoms with Crippen molar-refractivity contribution in [1.29, 1.82) is 0 Å². The van der Waals surface area contributed by atoms with Gasteiger partial charge in [0.25, 0.3) is 11.5 Å². The zero-order valence-corrected chi connectivity index (χ0v) is 17.6. The highest BCUT2D eigenvalue weighted by Gasteiger charge is 2.17. The summed E-state index contributed by atoms with van der Waals surface area (Å²) in [4.78, 5) is 48.1. The van der Waals surface area contributed by atoms with E-state index in [-0.39, 0.29) is 17.8 Å². The lowest BCUT2D eigenvalue weighted by atomic mass is 10.1. The normalized spacial score (nSPS) is 13.0. The highest BCUT2D eigenvalue weighted by atomic mass is 19.1. The van der Waals surface area contributed by atoms with E-state index < -0.39 is 17.1 Å². The summed E-state index contributed by atoms with van der Waals surface area (Å²) in [5, 5.41) is 1.38. The number of halogens is 1. The van der Waals surface area contributed by atoms with Crippen LogP contribution in [0.2, 0.25) is 0 Å². The molecule has 4 aromatic rings. The van der Waals surface area contributed by atoms with Crippen LogP contribution in [0.1, 0.15) is 21.7 Å². The maximum absolute atomic E-state index is 13.6. The van der Waals surface area contributed by atoms with Gasteiger partial charge in [-0.15, -0.1) is 0 Å². The van der Waals surface area contributed by atoms with Crippen molar-refractivity contribution in [3.63, 3.8) is 0 Å². The maximum atomic E-state index is 13.6. The number of hydrazine groups is 1. The molecular weight excluding hydrogens is 439 g/mol. The molecule has 0 radical (unpaired) electrons. The molecule has 2 N–H and O–H groups in total. The smallest absolute Gasteiger partial charge is 0.298 e. The Morgan fingerprint density at radius 3 is 2.62 bits per heavy atom. The van der Waals surface area contributed by atoms with E-state index in [1.165, 1.54) is 21.7 Å². The van der Waals surface area contributed by atoms with Crippen molar-refractivity contribution in [2.24, 2.45) is 0 Å². The SMILES string of the molecule is O=C(c1cccc(Cn2c(=O)[nH]c(=O)c3cc(F)ccc32)c1)N1C=CC(c2ncccn2)=CN1. The van der Waals surface area contributed by atoms with Gasteiger partial charge in [0.15, 0.2) is 5.82 Å². The lowest BCUT2D eigenvalue weighted by Gasteiger charge is -2.22. The number of rotatable bonds is 4. The summed E-state index contributed by atoms with van der Waals surface area (Å²) >= 11 is 0. The molecule has 34 heavy (non-hydrogen) atoms. The Bertz CT molecular complexity index is 1590. The zero-order valence-electron chi connectivity index (χ0n) is 17.6. The van der Waals surface area contributed by atoms with Crippen molar-refractivity contribution in [2.45, 2.75) is 6.54 Å². The van der Waals surface area contributed by atoms with Gasteiger partial charge in [0.2, 0.25) is 0 Å². The van der Waals surface area contributed by atoms with Crippen molar-refractivity contribution in [3.8, 4) is 0 Å². The Kier molecular flexibility index (Phi) is 5.30. The second kappa shape index (κ2) is 8.58. The van der Waals surface area contributed by atoms with Gasteiger partial charge in [0.05, 0.1) is 17.4 Å². The van der Waals surface area contributed by atoms with E-state index in [0.717, 1.165) is 11.6 Å². The molecule has 1 aliphatic rings. The minimum absolute atomic E-state index is 0.0690. The van der Waals surface area contributed by atoms with Gasteiger partial charge < -0.3 is 0 Å². The molecule has 0 fully saturated rings. The quantitative estimate of drug-likeness (QED) is 0.487. The largest absolute Gasteiger partial charge is 0.329 e. The van der Waals surface area contributed by atoms with Crippen LogP contribution in [0.4, 0.5) is 4.39 Å². The molecule has 0 bridgehead atoms. The average Bonchev–Trinajstić information content (AvgIpc) is 2.87. The van der Waals surface area contributed by atoms with Crippen molar-refractivity contribution < 1.29 is 9.18 Å². The number of benzene rings is 2. The van der Waals surface area contributed by atoms with Crippen LogP contribution in [0, 0.1) is 5.82 Å². The highest BCUT2D eigenvalue weighted by Crippen LogP contribution is 2.17. The first kappa shape index (κ1) is 21.0.